The fourth-order valence-corrected chi connectivity index (χ4v) is 2.64. The molecule has 0 radical (unpaired) electrons. The molecule has 0 saturated carbocycles. The lowest BCUT2D eigenvalue weighted by atomic mass is 9.93. The van der Waals surface area contributed by atoms with E-state index in [2.05, 4.69) is 17.4 Å². The Hall–Kier alpha value is -2.13. The van der Waals surface area contributed by atoms with Crippen molar-refractivity contribution in [2.75, 3.05) is 13.2 Å². The van der Waals surface area contributed by atoms with Gasteiger partial charge in [0.1, 0.15) is 0 Å². The summed E-state index contributed by atoms with van der Waals surface area (Å²) in [5.41, 5.74) is 2.91. The van der Waals surface area contributed by atoms with Gasteiger partial charge >= 0.3 is 0 Å². The van der Waals surface area contributed by atoms with Gasteiger partial charge in [0.25, 0.3) is 5.91 Å². The predicted molar refractivity (Wildman–Crippen MR) is 89.0 cm³/mol. The highest BCUT2D eigenvalue weighted by Gasteiger charge is 2.12. The van der Waals surface area contributed by atoms with Crippen LogP contribution in [0.3, 0.4) is 0 Å². The van der Waals surface area contributed by atoms with Crippen LogP contribution in [0.25, 0.3) is 0 Å². The van der Waals surface area contributed by atoms with Gasteiger partial charge in [0, 0.05) is 18.7 Å². The predicted octanol–water partition coefficient (Wildman–Crippen LogP) is 3.28. The number of aliphatic hydroxyl groups excluding tert-OH is 1. The molecule has 0 aliphatic carbocycles. The van der Waals surface area contributed by atoms with E-state index >= 15 is 0 Å². The molecule has 2 rings (SSSR count). The Bertz CT molecular complexity index is 595. The second-order valence-electron chi connectivity index (χ2n) is 5.48. The fraction of sp³-hybridized carbons (Fsp3) is 0.316. The van der Waals surface area contributed by atoms with Crippen molar-refractivity contribution in [2.45, 2.75) is 25.7 Å². The quantitative estimate of drug-likeness (QED) is 0.824. The summed E-state index contributed by atoms with van der Waals surface area (Å²) in [6, 6.07) is 17.7. The Morgan fingerprint density at radius 2 is 1.73 bits per heavy atom. The smallest absolute Gasteiger partial charge is 0.251 e. The Morgan fingerprint density at radius 3 is 2.41 bits per heavy atom. The Morgan fingerprint density at radius 1 is 1.05 bits per heavy atom. The number of rotatable bonds is 7. The van der Waals surface area contributed by atoms with Crippen molar-refractivity contribution >= 4 is 5.91 Å². The van der Waals surface area contributed by atoms with Crippen LogP contribution in [-0.2, 0) is 0 Å². The monoisotopic (exact) mass is 297 g/mol. The highest BCUT2D eigenvalue weighted by molar-refractivity contribution is 5.95. The van der Waals surface area contributed by atoms with E-state index in [0.29, 0.717) is 13.0 Å². The molecule has 1 amide bonds. The average molecular weight is 297 g/mol. The summed E-state index contributed by atoms with van der Waals surface area (Å²) in [4.78, 5) is 12.2. The third kappa shape index (κ3) is 4.43. The van der Waals surface area contributed by atoms with Gasteiger partial charge in [-0.1, -0.05) is 48.5 Å². The highest BCUT2D eigenvalue weighted by atomic mass is 16.3. The van der Waals surface area contributed by atoms with Gasteiger partial charge in [0.15, 0.2) is 0 Å². The van der Waals surface area contributed by atoms with Crippen molar-refractivity contribution in [2.24, 2.45) is 0 Å². The number of amides is 1. The van der Waals surface area contributed by atoms with Gasteiger partial charge in [0.2, 0.25) is 0 Å². The molecule has 2 N–H and O–H groups in total. The van der Waals surface area contributed by atoms with Gasteiger partial charge in [-0.3, -0.25) is 4.79 Å². The van der Waals surface area contributed by atoms with E-state index in [9.17, 15) is 9.90 Å². The molecular weight excluding hydrogens is 274 g/mol. The lowest BCUT2D eigenvalue weighted by Crippen LogP contribution is -2.26. The number of aryl methyl sites for hydroxylation is 1. The summed E-state index contributed by atoms with van der Waals surface area (Å²) >= 11 is 0. The average Bonchev–Trinajstić information content (AvgIpc) is 2.55. The molecule has 2 aromatic rings. The highest BCUT2D eigenvalue weighted by Crippen LogP contribution is 2.22. The van der Waals surface area contributed by atoms with Crippen molar-refractivity contribution in [1.82, 2.24) is 5.32 Å². The number of benzene rings is 2. The van der Waals surface area contributed by atoms with E-state index in [-0.39, 0.29) is 18.4 Å². The first-order chi connectivity index (χ1) is 10.7. The maximum atomic E-state index is 12.2. The molecule has 0 fully saturated rings. The van der Waals surface area contributed by atoms with Gasteiger partial charge in [0.05, 0.1) is 0 Å². The Balaban J connectivity index is 1.91. The lowest BCUT2D eigenvalue weighted by molar-refractivity contribution is 0.0951. The largest absolute Gasteiger partial charge is 0.396 e. The molecule has 0 spiro atoms. The van der Waals surface area contributed by atoms with Crippen molar-refractivity contribution < 1.29 is 9.90 Å². The molecule has 0 bridgehead atoms. The lowest BCUT2D eigenvalue weighted by Gasteiger charge is -2.17. The van der Waals surface area contributed by atoms with Gasteiger partial charge in [-0.25, -0.2) is 0 Å². The molecule has 0 aliphatic heterocycles. The van der Waals surface area contributed by atoms with E-state index in [1.165, 1.54) is 5.56 Å². The van der Waals surface area contributed by atoms with Gasteiger partial charge in [-0.15, -0.1) is 0 Å². The van der Waals surface area contributed by atoms with Crippen LogP contribution in [0.15, 0.2) is 54.6 Å². The fourth-order valence-electron chi connectivity index (χ4n) is 2.64. The van der Waals surface area contributed by atoms with E-state index in [4.69, 9.17) is 0 Å². The zero-order chi connectivity index (χ0) is 15.8. The molecule has 0 aromatic heterocycles. The summed E-state index contributed by atoms with van der Waals surface area (Å²) in [6.45, 7) is 2.70. The molecule has 3 nitrogen and oxygen atoms in total. The molecule has 116 valence electrons. The van der Waals surface area contributed by atoms with E-state index < -0.39 is 0 Å². The third-order valence-corrected chi connectivity index (χ3v) is 3.92. The van der Waals surface area contributed by atoms with Crippen LogP contribution in [0, 0.1) is 6.92 Å². The zero-order valence-electron chi connectivity index (χ0n) is 13.0. The molecular formula is C19H23NO2. The standard InChI is InChI=1S/C19H23NO2/c1-15-7-5-6-10-18(15)19(22)20-13-11-17(12-14-21)16-8-3-2-4-9-16/h2-10,17,21H,11-14H2,1H3,(H,20,22)/t17-/m0/s1. The third-order valence-electron chi connectivity index (χ3n) is 3.92. The summed E-state index contributed by atoms with van der Waals surface area (Å²) in [7, 11) is 0. The molecule has 0 aliphatic rings. The first kappa shape index (κ1) is 16.2. The number of aliphatic hydroxyl groups is 1. The van der Waals surface area contributed by atoms with Crippen LogP contribution in [-0.4, -0.2) is 24.2 Å². The van der Waals surface area contributed by atoms with Crippen molar-refractivity contribution in [1.29, 1.82) is 0 Å². The summed E-state index contributed by atoms with van der Waals surface area (Å²) in [5, 5.41) is 12.2. The van der Waals surface area contributed by atoms with E-state index in [0.717, 1.165) is 17.5 Å². The van der Waals surface area contributed by atoms with Crippen LogP contribution >= 0.6 is 0 Å². The SMILES string of the molecule is Cc1ccccc1C(=O)NCC[C@@H](CCO)c1ccccc1. The number of hydrogen-bond donors (Lipinski definition) is 2. The molecule has 0 unspecified atom stereocenters. The minimum Gasteiger partial charge on any atom is -0.396 e. The first-order valence-corrected chi connectivity index (χ1v) is 7.72. The second-order valence-corrected chi connectivity index (χ2v) is 5.48. The van der Waals surface area contributed by atoms with Crippen molar-refractivity contribution in [3.8, 4) is 0 Å². The van der Waals surface area contributed by atoms with Gasteiger partial charge < -0.3 is 10.4 Å². The molecule has 22 heavy (non-hydrogen) atoms. The number of nitrogens with one attached hydrogen (secondary N) is 1. The van der Waals surface area contributed by atoms with Crippen LogP contribution < -0.4 is 5.32 Å². The van der Waals surface area contributed by atoms with Gasteiger partial charge in [-0.05, 0) is 42.9 Å². The normalized spacial score (nSPS) is 11.9. The molecule has 0 saturated heterocycles. The van der Waals surface area contributed by atoms with Crippen LogP contribution in [0.2, 0.25) is 0 Å². The molecule has 3 heteroatoms. The Labute approximate surface area is 132 Å². The zero-order valence-corrected chi connectivity index (χ0v) is 13.0. The minimum absolute atomic E-state index is 0.0334. The second kappa shape index (κ2) is 8.35. The molecule has 2 aromatic carbocycles. The van der Waals surface area contributed by atoms with Crippen LogP contribution in [0.4, 0.5) is 0 Å². The number of carbonyl (C=O) groups is 1. The van der Waals surface area contributed by atoms with Crippen LogP contribution in [0.1, 0.15) is 40.2 Å². The first-order valence-electron chi connectivity index (χ1n) is 7.72. The maximum absolute atomic E-state index is 12.2. The number of hydrogen-bond acceptors (Lipinski definition) is 2. The minimum atomic E-state index is -0.0334. The topological polar surface area (TPSA) is 49.3 Å². The van der Waals surface area contributed by atoms with E-state index in [1.807, 2.05) is 49.4 Å². The van der Waals surface area contributed by atoms with Crippen molar-refractivity contribution in [3.63, 3.8) is 0 Å². The maximum Gasteiger partial charge on any atom is 0.251 e. The van der Waals surface area contributed by atoms with E-state index in [1.54, 1.807) is 0 Å². The molecule has 1 atom stereocenters. The molecule has 0 heterocycles. The van der Waals surface area contributed by atoms with Gasteiger partial charge in [-0.2, -0.15) is 0 Å². The summed E-state index contributed by atoms with van der Waals surface area (Å²) < 4.78 is 0. The Kier molecular flexibility index (Phi) is 6.16. The van der Waals surface area contributed by atoms with Crippen LogP contribution in [0.5, 0.6) is 0 Å². The van der Waals surface area contributed by atoms with Crippen molar-refractivity contribution in [3.05, 3.63) is 71.3 Å². The summed E-state index contributed by atoms with van der Waals surface area (Å²) in [5.74, 6) is 0.234. The number of carbonyl (C=O) groups excluding carboxylic acids is 1. The summed E-state index contributed by atoms with van der Waals surface area (Å²) in [6.07, 6.45) is 1.53.